The van der Waals surface area contributed by atoms with E-state index in [-0.39, 0.29) is 28.8 Å². The van der Waals surface area contributed by atoms with Gasteiger partial charge in [-0.25, -0.2) is 23.7 Å². The molecule has 0 bridgehead atoms. The molecule has 34 heavy (non-hydrogen) atoms. The summed E-state index contributed by atoms with van der Waals surface area (Å²) in [5.41, 5.74) is 1.18. The first-order valence-electron chi connectivity index (χ1n) is 10.7. The number of hydrogen-bond acceptors (Lipinski definition) is 8. The van der Waals surface area contributed by atoms with Crippen LogP contribution in [0.4, 0.5) is 14.7 Å². The summed E-state index contributed by atoms with van der Waals surface area (Å²) < 4.78 is 46.1. The molecule has 1 saturated heterocycles. The van der Waals surface area contributed by atoms with Crippen LogP contribution in [0.15, 0.2) is 30.7 Å². The van der Waals surface area contributed by atoms with Gasteiger partial charge in [0.1, 0.15) is 11.2 Å². The first-order chi connectivity index (χ1) is 16.6. The molecule has 0 unspecified atom stereocenters. The van der Waals surface area contributed by atoms with E-state index in [4.69, 9.17) is 14.2 Å². The molecule has 0 amide bonds. The summed E-state index contributed by atoms with van der Waals surface area (Å²) in [5.74, 6) is -1.68. The van der Waals surface area contributed by atoms with Gasteiger partial charge in [0.05, 0.1) is 44.3 Å². The van der Waals surface area contributed by atoms with Crippen LogP contribution in [0.25, 0.3) is 33.4 Å². The van der Waals surface area contributed by atoms with Crippen molar-refractivity contribution >= 4 is 16.9 Å². The minimum Gasteiger partial charge on any atom is -0.494 e. The van der Waals surface area contributed by atoms with Gasteiger partial charge >= 0.3 is 0 Å². The maximum Gasteiger partial charge on any atom is 0.223 e. The zero-order chi connectivity index (χ0) is 23.7. The Morgan fingerprint density at radius 3 is 2.53 bits per heavy atom. The highest BCUT2D eigenvalue weighted by Crippen LogP contribution is 2.39. The Morgan fingerprint density at radius 1 is 1.09 bits per heavy atom. The highest BCUT2D eigenvalue weighted by atomic mass is 19.1. The van der Waals surface area contributed by atoms with Crippen LogP contribution in [0, 0.1) is 11.6 Å². The van der Waals surface area contributed by atoms with Gasteiger partial charge in [0, 0.05) is 36.0 Å². The van der Waals surface area contributed by atoms with E-state index in [1.54, 1.807) is 18.6 Å². The molecule has 176 valence electrons. The molecular weight excluding hydrogens is 446 g/mol. The van der Waals surface area contributed by atoms with Gasteiger partial charge in [-0.1, -0.05) is 0 Å². The summed E-state index contributed by atoms with van der Waals surface area (Å²) in [7, 11) is 2.59. The predicted octanol–water partition coefficient (Wildman–Crippen LogP) is 3.97. The molecule has 9 nitrogen and oxygen atoms in total. The molecule has 1 aliphatic heterocycles. The fourth-order valence-corrected chi connectivity index (χ4v) is 3.97. The van der Waals surface area contributed by atoms with E-state index in [2.05, 4.69) is 30.5 Å². The van der Waals surface area contributed by atoms with Crippen LogP contribution in [-0.2, 0) is 4.74 Å². The lowest BCUT2D eigenvalue weighted by molar-refractivity contribution is 0.0874. The molecule has 1 atom stereocenters. The van der Waals surface area contributed by atoms with Crippen molar-refractivity contribution in [3.8, 4) is 34.0 Å². The largest absolute Gasteiger partial charge is 0.494 e. The number of aromatic amines is 1. The third-order valence-electron chi connectivity index (χ3n) is 5.66. The number of aromatic nitrogens is 5. The van der Waals surface area contributed by atoms with Gasteiger partial charge in [-0.05, 0) is 18.9 Å². The van der Waals surface area contributed by atoms with E-state index in [0.717, 1.165) is 25.5 Å². The standard InChI is InChI=1S/C23H22F2N6O3/c1-32-16-7-17(33-2)20(25)18(19(16)24)15-6-12-8-26-23(29-14-4-3-5-34-11-14)31-21(12)22(30-15)13-9-27-28-10-13/h6-10,14H,3-5,11H2,1-2H3,(H,27,28)(H,26,29,31)/t14-/m0/s1. The Hall–Kier alpha value is -3.86. The lowest BCUT2D eigenvalue weighted by atomic mass is 10.0. The van der Waals surface area contributed by atoms with E-state index < -0.39 is 11.6 Å². The second-order valence-corrected chi connectivity index (χ2v) is 7.82. The number of anilines is 1. The topological polar surface area (TPSA) is 107 Å². The van der Waals surface area contributed by atoms with Crippen molar-refractivity contribution in [3.05, 3.63) is 42.4 Å². The van der Waals surface area contributed by atoms with Gasteiger partial charge in [0.15, 0.2) is 23.1 Å². The van der Waals surface area contributed by atoms with Crippen LogP contribution >= 0.6 is 0 Å². The van der Waals surface area contributed by atoms with Crippen molar-refractivity contribution in [3.63, 3.8) is 0 Å². The zero-order valence-corrected chi connectivity index (χ0v) is 18.6. The molecule has 5 rings (SSSR count). The number of nitrogens with zero attached hydrogens (tertiary/aromatic N) is 4. The van der Waals surface area contributed by atoms with Crippen LogP contribution in [0.2, 0.25) is 0 Å². The van der Waals surface area contributed by atoms with Crippen molar-refractivity contribution in [1.82, 2.24) is 25.1 Å². The minimum atomic E-state index is -0.887. The second-order valence-electron chi connectivity index (χ2n) is 7.82. The Morgan fingerprint density at radius 2 is 1.88 bits per heavy atom. The fourth-order valence-electron chi connectivity index (χ4n) is 3.97. The molecule has 0 saturated carbocycles. The maximum atomic E-state index is 15.2. The number of H-pyrrole nitrogens is 1. The average Bonchev–Trinajstić information content (AvgIpc) is 3.39. The number of ether oxygens (including phenoxy) is 3. The molecule has 0 aliphatic carbocycles. The van der Waals surface area contributed by atoms with Crippen molar-refractivity contribution in [2.75, 3.05) is 32.8 Å². The van der Waals surface area contributed by atoms with Crippen LogP contribution in [0.1, 0.15) is 12.8 Å². The van der Waals surface area contributed by atoms with Crippen LogP contribution in [0.3, 0.4) is 0 Å². The van der Waals surface area contributed by atoms with Gasteiger partial charge in [-0.3, -0.25) is 5.10 Å². The van der Waals surface area contributed by atoms with Gasteiger partial charge in [-0.15, -0.1) is 0 Å². The number of methoxy groups -OCH3 is 2. The fraction of sp³-hybridized carbons (Fsp3) is 0.304. The molecule has 0 radical (unpaired) electrons. The molecule has 1 aromatic carbocycles. The Labute approximate surface area is 193 Å². The first kappa shape index (κ1) is 22.0. The number of pyridine rings is 1. The summed E-state index contributed by atoms with van der Waals surface area (Å²) in [6, 6.07) is 2.79. The summed E-state index contributed by atoms with van der Waals surface area (Å²) in [6.45, 7) is 1.32. The van der Waals surface area contributed by atoms with Gasteiger partial charge in [-0.2, -0.15) is 5.10 Å². The molecular formula is C23H22F2N6O3. The number of benzene rings is 1. The summed E-state index contributed by atoms with van der Waals surface area (Å²) in [5, 5.41) is 10.6. The van der Waals surface area contributed by atoms with Crippen molar-refractivity contribution in [1.29, 1.82) is 0 Å². The van der Waals surface area contributed by atoms with Crippen molar-refractivity contribution in [2.45, 2.75) is 18.9 Å². The number of nitrogens with one attached hydrogen (secondary N) is 2. The number of halogens is 2. The lowest BCUT2D eigenvalue weighted by Crippen LogP contribution is -2.30. The average molecular weight is 468 g/mol. The molecule has 3 aromatic heterocycles. The first-order valence-corrected chi connectivity index (χ1v) is 10.7. The van der Waals surface area contributed by atoms with E-state index in [0.29, 0.717) is 34.7 Å². The maximum absolute atomic E-state index is 15.2. The molecule has 4 aromatic rings. The van der Waals surface area contributed by atoms with Gasteiger partial charge in [0.25, 0.3) is 0 Å². The smallest absolute Gasteiger partial charge is 0.223 e. The Kier molecular flexibility index (Phi) is 5.93. The molecule has 4 heterocycles. The van der Waals surface area contributed by atoms with Crippen LogP contribution in [0.5, 0.6) is 11.5 Å². The third-order valence-corrected chi connectivity index (χ3v) is 5.66. The van der Waals surface area contributed by atoms with E-state index >= 15 is 8.78 Å². The molecule has 11 heteroatoms. The zero-order valence-electron chi connectivity index (χ0n) is 18.6. The molecule has 1 aliphatic rings. The van der Waals surface area contributed by atoms with E-state index in [1.165, 1.54) is 20.3 Å². The quantitative estimate of drug-likeness (QED) is 0.438. The number of hydrogen-bond donors (Lipinski definition) is 2. The summed E-state index contributed by atoms with van der Waals surface area (Å²) in [6.07, 6.45) is 6.69. The van der Waals surface area contributed by atoms with Crippen LogP contribution in [-0.4, -0.2) is 58.6 Å². The lowest BCUT2D eigenvalue weighted by Gasteiger charge is -2.23. The highest BCUT2D eigenvalue weighted by Gasteiger charge is 2.24. The molecule has 0 spiro atoms. The molecule has 1 fully saturated rings. The van der Waals surface area contributed by atoms with Gasteiger partial charge in [0.2, 0.25) is 5.95 Å². The van der Waals surface area contributed by atoms with Crippen LogP contribution < -0.4 is 14.8 Å². The number of fused-ring (bicyclic) bond motifs is 1. The summed E-state index contributed by atoms with van der Waals surface area (Å²) in [4.78, 5) is 13.6. The van der Waals surface area contributed by atoms with Crippen molar-refractivity contribution in [2.24, 2.45) is 0 Å². The normalized spacial score (nSPS) is 15.9. The molecule has 2 N–H and O–H groups in total. The van der Waals surface area contributed by atoms with E-state index in [1.807, 2.05) is 0 Å². The minimum absolute atomic E-state index is 0.0425. The highest BCUT2D eigenvalue weighted by molar-refractivity contribution is 5.94. The second kappa shape index (κ2) is 9.18. The van der Waals surface area contributed by atoms with Crippen molar-refractivity contribution < 1.29 is 23.0 Å². The SMILES string of the molecule is COc1cc(OC)c(F)c(-c2cc3cnc(N[C@H]4CCCOC4)nc3c(-c3cn[nH]c3)n2)c1F. The third kappa shape index (κ3) is 3.98. The Bertz CT molecular complexity index is 1300. The van der Waals surface area contributed by atoms with E-state index in [9.17, 15) is 0 Å². The predicted molar refractivity (Wildman–Crippen MR) is 121 cm³/mol. The monoisotopic (exact) mass is 468 g/mol. The van der Waals surface area contributed by atoms with Gasteiger partial charge < -0.3 is 19.5 Å². The number of rotatable bonds is 6. The Balaban J connectivity index is 1.68. The summed E-state index contributed by atoms with van der Waals surface area (Å²) >= 11 is 0.